The second kappa shape index (κ2) is 7.64. The zero-order valence-electron chi connectivity index (χ0n) is 17.6. The topological polar surface area (TPSA) is 102 Å². The van der Waals surface area contributed by atoms with Gasteiger partial charge in [-0.1, -0.05) is 0 Å². The van der Waals surface area contributed by atoms with E-state index < -0.39 is 58.1 Å². The highest BCUT2D eigenvalue weighted by molar-refractivity contribution is 5.98. The van der Waals surface area contributed by atoms with Crippen molar-refractivity contribution in [3.05, 3.63) is 62.8 Å². The third-order valence-corrected chi connectivity index (χ3v) is 7.36. The van der Waals surface area contributed by atoms with Crippen LogP contribution in [0.5, 0.6) is 5.75 Å². The maximum atomic E-state index is 13.8. The van der Waals surface area contributed by atoms with Crippen molar-refractivity contribution in [2.45, 2.75) is 32.2 Å². The minimum Gasteiger partial charge on any atom is -0.503 e. The summed E-state index contributed by atoms with van der Waals surface area (Å²) >= 11 is 0. The molecule has 1 aromatic carbocycles. The number of aromatic amines is 1. The van der Waals surface area contributed by atoms with E-state index in [0.717, 1.165) is 25.5 Å². The summed E-state index contributed by atoms with van der Waals surface area (Å²) in [5.74, 6) is -5.01. The molecule has 2 heterocycles. The fourth-order valence-corrected chi connectivity index (χ4v) is 5.50. The standard InChI is InChI=1S/C23H22F3N3O4/c24-13-3-16(25)14(17(26)4-13)7-28-21(32)15-8-27-18(20(31)19(15)30)22(33)29-9-11-1-2-23(5-11)6-12(23)10-29/h3-4,8,11-12,31H,1-2,5-7,9-10H2,(H,27,30)(H,28,32)/t11-,12+,23-/m1/s1. The molecule has 3 fully saturated rings. The van der Waals surface area contributed by atoms with Gasteiger partial charge < -0.3 is 20.3 Å². The van der Waals surface area contributed by atoms with Gasteiger partial charge in [0.2, 0.25) is 5.43 Å². The number of nitrogens with zero attached hydrogens (tertiary/aromatic N) is 1. The molecule has 3 atom stereocenters. The van der Waals surface area contributed by atoms with Gasteiger partial charge in [0.15, 0.2) is 11.4 Å². The van der Waals surface area contributed by atoms with Crippen molar-refractivity contribution < 1.29 is 27.9 Å². The van der Waals surface area contributed by atoms with Gasteiger partial charge in [0, 0.05) is 43.5 Å². The molecular weight excluding hydrogens is 439 g/mol. The van der Waals surface area contributed by atoms with E-state index in [2.05, 4.69) is 10.3 Å². The first-order chi connectivity index (χ1) is 15.7. The number of carbonyl (C=O) groups excluding carboxylic acids is 2. The highest BCUT2D eigenvalue weighted by Gasteiger charge is 2.59. The molecule has 2 aromatic rings. The number of pyridine rings is 1. The van der Waals surface area contributed by atoms with Crippen LogP contribution in [-0.2, 0) is 6.54 Å². The largest absolute Gasteiger partial charge is 0.503 e. The lowest BCUT2D eigenvalue weighted by molar-refractivity contribution is 0.0715. The number of amides is 2. The van der Waals surface area contributed by atoms with Crippen LogP contribution < -0.4 is 10.7 Å². The van der Waals surface area contributed by atoms with Gasteiger partial charge in [0.25, 0.3) is 11.8 Å². The molecule has 33 heavy (non-hydrogen) atoms. The number of hydrogen-bond acceptors (Lipinski definition) is 4. The Kier molecular flexibility index (Phi) is 4.98. The van der Waals surface area contributed by atoms with Gasteiger partial charge in [0.1, 0.15) is 23.0 Å². The number of hydrogen-bond donors (Lipinski definition) is 3. The number of H-pyrrole nitrogens is 1. The lowest BCUT2D eigenvalue weighted by Gasteiger charge is -2.25. The molecule has 2 aliphatic carbocycles. The summed E-state index contributed by atoms with van der Waals surface area (Å²) in [6.07, 6.45) is 5.46. The van der Waals surface area contributed by atoms with Crippen LogP contribution in [0.4, 0.5) is 13.2 Å². The fraction of sp³-hybridized carbons (Fsp3) is 0.435. The van der Waals surface area contributed by atoms with Gasteiger partial charge in [-0.25, -0.2) is 13.2 Å². The monoisotopic (exact) mass is 461 g/mol. The fourth-order valence-electron chi connectivity index (χ4n) is 5.50. The molecule has 2 saturated carbocycles. The molecule has 2 amide bonds. The number of aromatic nitrogens is 1. The van der Waals surface area contributed by atoms with E-state index in [0.29, 0.717) is 42.5 Å². The maximum Gasteiger partial charge on any atom is 0.274 e. The zero-order valence-corrected chi connectivity index (χ0v) is 17.6. The Bertz CT molecular complexity index is 1200. The van der Waals surface area contributed by atoms with Crippen LogP contribution >= 0.6 is 0 Å². The third kappa shape index (κ3) is 3.67. The number of halogens is 3. The molecule has 10 heteroatoms. The summed E-state index contributed by atoms with van der Waals surface area (Å²) in [7, 11) is 0. The molecule has 7 nitrogen and oxygen atoms in total. The molecule has 3 N–H and O–H groups in total. The van der Waals surface area contributed by atoms with Crippen LogP contribution in [0.25, 0.3) is 0 Å². The van der Waals surface area contributed by atoms with E-state index in [1.54, 1.807) is 4.90 Å². The highest BCUT2D eigenvalue weighted by Crippen LogP contribution is 2.65. The smallest absolute Gasteiger partial charge is 0.274 e. The molecule has 1 saturated heterocycles. The van der Waals surface area contributed by atoms with E-state index in [4.69, 9.17) is 0 Å². The number of aromatic hydroxyl groups is 1. The van der Waals surface area contributed by atoms with Gasteiger partial charge in [-0.3, -0.25) is 14.4 Å². The predicted octanol–water partition coefficient (Wildman–Crippen LogP) is 2.69. The number of rotatable bonds is 4. The highest BCUT2D eigenvalue weighted by atomic mass is 19.1. The molecule has 3 aliphatic rings. The van der Waals surface area contributed by atoms with Crippen LogP contribution in [0.2, 0.25) is 0 Å². The van der Waals surface area contributed by atoms with Gasteiger partial charge in [-0.2, -0.15) is 0 Å². The first-order valence-electron chi connectivity index (χ1n) is 10.8. The molecule has 2 bridgehead atoms. The quantitative estimate of drug-likeness (QED) is 0.652. The molecule has 1 aliphatic heterocycles. The Hall–Kier alpha value is -3.30. The Labute approximate surface area is 186 Å². The number of carbonyl (C=O) groups is 2. The van der Waals surface area contributed by atoms with E-state index in [1.807, 2.05) is 0 Å². The minimum absolute atomic E-state index is 0.292. The lowest BCUT2D eigenvalue weighted by atomic mass is 10.0. The second-order valence-electron chi connectivity index (χ2n) is 9.37. The molecule has 1 aromatic heterocycles. The van der Waals surface area contributed by atoms with Crippen LogP contribution in [0, 0.1) is 34.7 Å². The SMILES string of the molecule is O=C(NCc1c(F)cc(F)cc1F)c1c[nH]c(C(=O)N2C[C@@H]3CC[C@@]4(C3)C[C@H]4C2)c(O)c1=O. The van der Waals surface area contributed by atoms with E-state index in [-0.39, 0.29) is 5.69 Å². The van der Waals surface area contributed by atoms with Crippen LogP contribution in [0.15, 0.2) is 23.1 Å². The normalized spacial score (nSPS) is 25.4. The van der Waals surface area contributed by atoms with Crippen LogP contribution in [0.3, 0.4) is 0 Å². The summed E-state index contributed by atoms with van der Waals surface area (Å²) in [5.41, 5.74) is -2.11. The molecule has 1 spiro atoms. The summed E-state index contributed by atoms with van der Waals surface area (Å²) in [4.78, 5) is 42.2. The van der Waals surface area contributed by atoms with E-state index >= 15 is 0 Å². The first-order valence-corrected chi connectivity index (χ1v) is 10.8. The molecule has 0 radical (unpaired) electrons. The van der Waals surface area contributed by atoms with Gasteiger partial charge >= 0.3 is 0 Å². The van der Waals surface area contributed by atoms with Crippen molar-refractivity contribution >= 4 is 11.8 Å². The molecular formula is C23H22F3N3O4. The van der Waals surface area contributed by atoms with E-state index in [1.165, 1.54) is 6.42 Å². The van der Waals surface area contributed by atoms with Crippen molar-refractivity contribution in [1.82, 2.24) is 15.2 Å². The average molecular weight is 461 g/mol. The summed E-state index contributed by atoms with van der Waals surface area (Å²) in [5, 5.41) is 12.5. The van der Waals surface area contributed by atoms with Crippen molar-refractivity contribution in [3.8, 4) is 5.75 Å². The third-order valence-electron chi connectivity index (χ3n) is 7.36. The molecule has 0 unspecified atom stereocenters. The molecule has 174 valence electrons. The number of likely N-dealkylation sites (tertiary alicyclic amines) is 1. The van der Waals surface area contributed by atoms with E-state index in [9.17, 15) is 32.7 Å². The van der Waals surface area contributed by atoms with Crippen LogP contribution in [-0.4, -0.2) is 39.9 Å². The Morgan fingerprint density at radius 2 is 1.91 bits per heavy atom. The number of nitrogens with one attached hydrogen (secondary N) is 2. The minimum atomic E-state index is -1.19. The number of fused-ring (bicyclic) bond motifs is 1. The average Bonchev–Trinajstić information content (AvgIpc) is 3.26. The summed E-state index contributed by atoms with van der Waals surface area (Å²) in [6, 6.07) is 0.948. The summed E-state index contributed by atoms with van der Waals surface area (Å²) in [6.45, 7) is 0.499. The first kappa shape index (κ1) is 21.5. The van der Waals surface area contributed by atoms with Crippen molar-refractivity contribution in [2.24, 2.45) is 17.3 Å². The Morgan fingerprint density at radius 1 is 1.18 bits per heavy atom. The maximum absolute atomic E-state index is 13.8. The molecule has 5 rings (SSSR count). The number of benzene rings is 1. The van der Waals surface area contributed by atoms with Crippen molar-refractivity contribution in [1.29, 1.82) is 0 Å². The van der Waals surface area contributed by atoms with Crippen LogP contribution in [0.1, 0.15) is 52.1 Å². The van der Waals surface area contributed by atoms with Crippen molar-refractivity contribution in [2.75, 3.05) is 13.1 Å². The lowest BCUT2D eigenvalue weighted by Crippen LogP contribution is -2.37. The second-order valence-corrected chi connectivity index (χ2v) is 9.37. The van der Waals surface area contributed by atoms with Gasteiger partial charge in [0.05, 0.1) is 0 Å². The van der Waals surface area contributed by atoms with Gasteiger partial charge in [-0.15, -0.1) is 0 Å². The summed E-state index contributed by atoms with van der Waals surface area (Å²) < 4.78 is 40.5. The van der Waals surface area contributed by atoms with Crippen molar-refractivity contribution in [3.63, 3.8) is 0 Å². The Balaban J connectivity index is 1.32. The zero-order chi connectivity index (χ0) is 23.5. The Morgan fingerprint density at radius 3 is 2.64 bits per heavy atom. The predicted molar refractivity (Wildman–Crippen MR) is 110 cm³/mol. The van der Waals surface area contributed by atoms with Gasteiger partial charge in [-0.05, 0) is 42.9 Å².